The van der Waals surface area contributed by atoms with Gasteiger partial charge in [-0.05, 0) is 51.0 Å². The first-order valence-electron chi connectivity index (χ1n) is 7.89. The Kier molecular flexibility index (Phi) is 14.7. The highest BCUT2D eigenvalue weighted by atomic mass is 16.5. The molecule has 0 aromatic rings. The third kappa shape index (κ3) is 16.7. The average Bonchev–Trinajstić information content (AvgIpc) is 2.43. The minimum atomic E-state index is -0.257. The molecule has 0 heterocycles. The van der Waals surface area contributed by atoms with E-state index >= 15 is 0 Å². The summed E-state index contributed by atoms with van der Waals surface area (Å²) >= 11 is 0. The van der Waals surface area contributed by atoms with E-state index in [4.69, 9.17) is 4.74 Å². The van der Waals surface area contributed by atoms with Crippen LogP contribution in [-0.2, 0) is 9.53 Å². The van der Waals surface area contributed by atoms with Crippen LogP contribution in [0.5, 0.6) is 0 Å². The lowest BCUT2D eigenvalue weighted by Crippen LogP contribution is -1.89. The molecule has 0 atom stereocenters. The molecular weight excluding hydrogens is 248 g/mol. The Morgan fingerprint density at radius 3 is 1.85 bits per heavy atom. The molecule has 0 rings (SSSR count). The third-order valence-corrected chi connectivity index (χ3v) is 2.88. The lowest BCUT2D eigenvalue weighted by atomic mass is 10.1. The zero-order valence-electron chi connectivity index (χ0n) is 13.1. The van der Waals surface area contributed by atoms with Crippen molar-refractivity contribution in [2.24, 2.45) is 0 Å². The van der Waals surface area contributed by atoms with Crippen LogP contribution in [0.4, 0.5) is 0 Å². The molecule has 0 aliphatic heterocycles. The van der Waals surface area contributed by atoms with E-state index < -0.39 is 0 Å². The normalized spacial score (nSPS) is 11.9. The standard InChI is InChI=1S/C18H30O2/c1-3-4-5-6-7-8-9-10-11-12-13-14-15-16-17-20-18(2)19/h6-7,10-11,16-17H,3-5,8-9,12-15H2,1-2H3/b7-6?,11-10?,17-16-. The minimum absolute atomic E-state index is 0.257. The molecule has 2 heteroatoms. The molecule has 0 amide bonds. The topological polar surface area (TPSA) is 26.3 Å². The predicted octanol–water partition coefficient (Wildman–Crippen LogP) is 5.71. The highest BCUT2D eigenvalue weighted by Crippen LogP contribution is 2.04. The summed E-state index contributed by atoms with van der Waals surface area (Å²) in [7, 11) is 0. The number of carbonyl (C=O) groups is 1. The fourth-order valence-corrected chi connectivity index (χ4v) is 1.72. The Morgan fingerprint density at radius 2 is 1.30 bits per heavy atom. The molecule has 0 fully saturated rings. The highest BCUT2D eigenvalue weighted by Gasteiger charge is 1.86. The molecule has 0 aromatic carbocycles. The monoisotopic (exact) mass is 278 g/mol. The van der Waals surface area contributed by atoms with E-state index in [1.54, 1.807) is 0 Å². The number of hydrogen-bond acceptors (Lipinski definition) is 2. The summed E-state index contributed by atoms with van der Waals surface area (Å²) in [4.78, 5) is 10.5. The molecule has 114 valence electrons. The van der Waals surface area contributed by atoms with Crippen molar-refractivity contribution >= 4 is 5.97 Å². The number of ether oxygens (including phenoxy) is 1. The molecule has 0 radical (unpaired) electrons. The van der Waals surface area contributed by atoms with Crippen LogP contribution >= 0.6 is 0 Å². The predicted molar refractivity (Wildman–Crippen MR) is 86.4 cm³/mol. The third-order valence-electron chi connectivity index (χ3n) is 2.88. The maximum Gasteiger partial charge on any atom is 0.307 e. The molecule has 0 bridgehead atoms. The van der Waals surface area contributed by atoms with Gasteiger partial charge in [-0.2, -0.15) is 0 Å². The Bertz CT molecular complexity index is 301. The fraction of sp³-hybridized carbons (Fsp3) is 0.611. The van der Waals surface area contributed by atoms with E-state index in [2.05, 4.69) is 31.2 Å². The molecule has 20 heavy (non-hydrogen) atoms. The summed E-state index contributed by atoms with van der Waals surface area (Å²) in [6.45, 7) is 3.64. The van der Waals surface area contributed by atoms with Gasteiger partial charge in [-0.3, -0.25) is 4.79 Å². The van der Waals surface area contributed by atoms with E-state index in [-0.39, 0.29) is 5.97 Å². The second kappa shape index (κ2) is 15.7. The highest BCUT2D eigenvalue weighted by molar-refractivity contribution is 5.66. The van der Waals surface area contributed by atoms with E-state index in [0.717, 1.165) is 32.1 Å². The van der Waals surface area contributed by atoms with Crippen molar-refractivity contribution in [3.8, 4) is 0 Å². The number of hydrogen-bond donors (Lipinski definition) is 0. The molecule has 0 N–H and O–H groups in total. The van der Waals surface area contributed by atoms with Gasteiger partial charge in [0.05, 0.1) is 6.26 Å². The second-order valence-corrected chi connectivity index (χ2v) is 4.93. The zero-order chi connectivity index (χ0) is 14.9. The van der Waals surface area contributed by atoms with E-state index in [1.807, 2.05) is 6.08 Å². The van der Waals surface area contributed by atoms with Crippen LogP contribution in [0, 0.1) is 0 Å². The van der Waals surface area contributed by atoms with Gasteiger partial charge in [0.2, 0.25) is 0 Å². The van der Waals surface area contributed by atoms with Gasteiger partial charge in [0.25, 0.3) is 0 Å². The van der Waals surface area contributed by atoms with Crippen molar-refractivity contribution in [3.63, 3.8) is 0 Å². The van der Waals surface area contributed by atoms with E-state index in [1.165, 1.54) is 38.9 Å². The molecule has 0 aliphatic carbocycles. The summed E-state index contributed by atoms with van der Waals surface area (Å²) in [5.74, 6) is -0.257. The van der Waals surface area contributed by atoms with Crippen LogP contribution in [0.1, 0.15) is 71.6 Å². The van der Waals surface area contributed by atoms with Gasteiger partial charge in [-0.15, -0.1) is 0 Å². The fourth-order valence-electron chi connectivity index (χ4n) is 1.72. The van der Waals surface area contributed by atoms with Crippen LogP contribution < -0.4 is 0 Å². The molecular formula is C18H30O2. The summed E-state index contributed by atoms with van der Waals surface area (Å²) in [6, 6.07) is 0. The maximum absolute atomic E-state index is 10.5. The average molecular weight is 278 g/mol. The Labute approximate surface area is 124 Å². The smallest absolute Gasteiger partial charge is 0.307 e. The number of rotatable bonds is 12. The molecule has 0 aromatic heterocycles. The van der Waals surface area contributed by atoms with Gasteiger partial charge >= 0.3 is 5.97 Å². The van der Waals surface area contributed by atoms with Crippen LogP contribution in [-0.4, -0.2) is 5.97 Å². The first-order chi connectivity index (χ1) is 9.77. The van der Waals surface area contributed by atoms with E-state index in [9.17, 15) is 4.79 Å². The van der Waals surface area contributed by atoms with Gasteiger partial charge in [-0.25, -0.2) is 0 Å². The molecule has 2 nitrogen and oxygen atoms in total. The Morgan fingerprint density at radius 1 is 0.800 bits per heavy atom. The van der Waals surface area contributed by atoms with Gasteiger partial charge in [0.15, 0.2) is 0 Å². The summed E-state index contributed by atoms with van der Waals surface area (Å²) in [5.41, 5.74) is 0. The van der Waals surface area contributed by atoms with E-state index in [0.29, 0.717) is 0 Å². The number of esters is 1. The molecule has 0 spiro atoms. The summed E-state index contributed by atoms with van der Waals surface area (Å²) < 4.78 is 4.71. The van der Waals surface area contributed by atoms with Crippen molar-refractivity contribution in [2.75, 3.05) is 0 Å². The largest absolute Gasteiger partial charge is 0.435 e. The molecule has 0 saturated carbocycles. The van der Waals surface area contributed by atoms with Gasteiger partial charge in [0.1, 0.15) is 0 Å². The van der Waals surface area contributed by atoms with Crippen molar-refractivity contribution in [3.05, 3.63) is 36.6 Å². The first-order valence-corrected chi connectivity index (χ1v) is 7.89. The van der Waals surface area contributed by atoms with Crippen LogP contribution in [0.3, 0.4) is 0 Å². The number of carbonyl (C=O) groups excluding carboxylic acids is 1. The number of allylic oxidation sites excluding steroid dienone is 5. The number of unbranched alkanes of at least 4 members (excludes halogenated alkanes) is 6. The Balaban J connectivity index is 3.25. The maximum atomic E-state index is 10.5. The summed E-state index contributed by atoms with van der Waals surface area (Å²) in [6.07, 6.45) is 23.1. The first kappa shape index (κ1) is 18.7. The van der Waals surface area contributed by atoms with Crippen molar-refractivity contribution in [1.82, 2.24) is 0 Å². The summed E-state index contributed by atoms with van der Waals surface area (Å²) in [5, 5.41) is 0. The van der Waals surface area contributed by atoms with Gasteiger partial charge in [-0.1, -0.05) is 44.1 Å². The molecule has 0 aliphatic rings. The minimum Gasteiger partial charge on any atom is -0.435 e. The quantitative estimate of drug-likeness (QED) is 0.198. The van der Waals surface area contributed by atoms with Crippen LogP contribution in [0.25, 0.3) is 0 Å². The zero-order valence-corrected chi connectivity index (χ0v) is 13.1. The van der Waals surface area contributed by atoms with Crippen molar-refractivity contribution < 1.29 is 9.53 Å². The molecule has 0 saturated heterocycles. The van der Waals surface area contributed by atoms with Gasteiger partial charge < -0.3 is 4.74 Å². The lowest BCUT2D eigenvalue weighted by Gasteiger charge is -1.94. The molecule has 0 unspecified atom stereocenters. The SMILES string of the molecule is CCCCC=CCCC=CCCCC/C=C\OC(C)=O. The van der Waals surface area contributed by atoms with Crippen LogP contribution in [0.15, 0.2) is 36.6 Å². The van der Waals surface area contributed by atoms with Gasteiger partial charge in [0, 0.05) is 6.92 Å². The van der Waals surface area contributed by atoms with Crippen molar-refractivity contribution in [1.29, 1.82) is 0 Å². The van der Waals surface area contributed by atoms with Crippen molar-refractivity contribution in [2.45, 2.75) is 71.6 Å². The second-order valence-electron chi connectivity index (χ2n) is 4.93. The van der Waals surface area contributed by atoms with Crippen LogP contribution in [0.2, 0.25) is 0 Å². The lowest BCUT2D eigenvalue weighted by molar-refractivity contribution is -0.135. The Hall–Kier alpha value is -1.31.